The Labute approximate surface area is 202 Å². The maximum Gasteiger partial charge on any atom is 0.338 e. The van der Waals surface area contributed by atoms with Crippen molar-refractivity contribution in [1.82, 2.24) is 0 Å². The quantitative estimate of drug-likeness (QED) is 0.376. The van der Waals surface area contributed by atoms with Crippen molar-refractivity contribution in [2.24, 2.45) is 0 Å². The second kappa shape index (κ2) is 11.4. The van der Waals surface area contributed by atoms with Crippen molar-refractivity contribution in [2.75, 3.05) is 13.7 Å². The standard InChI is InChI=1S/C27H24O8/c1-31-27-23(35-26(30)20-15-9-4-10-16-20)22(34-25(29)19-13-7-3-8-14-19)21(17-32-27)33-24(28)18-11-5-2-6-12-18/h2-16,21-23,27H,17H2,1H3/t21-,22-,23+,27-/m0/s1. The van der Waals surface area contributed by atoms with Gasteiger partial charge in [0.2, 0.25) is 0 Å². The third kappa shape index (κ3) is 5.92. The molecule has 4 atom stereocenters. The smallest absolute Gasteiger partial charge is 0.338 e. The molecule has 180 valence electrons. The van der Waals surface area contributed by atoms with E-state index in [9.17, 15) is 14.4 Å². The Morgan fingerprint density at radius 1 is 0.629 bits per heavy atom. The van der Waals surface area contributed by atoms with E-state index in [0.29, 0.717) is 11.1 Å². The van der Waals surface area contributed by atoms with Gasteiger partial charge in [0.25, 0.3) is 0 Å². The Morgan fingerprint density at radius 3 is 1.46 bits per heavy atom. The molecule has 3 aromatic carbocycles. The van der Waals surface area contributed by atoms with Gasteiger partial charge in [-0.2, -0.15) is 0 Å². The predicted molar refractivity (Wildman–Crippen MR) is 124 cm³/mol. The van der Waals surface area contributed by atoms with E-state index in [0.717, 1.165) is 0 Å². The van der Waals surface area contributed by atoms with Gasteiger partial charge in [0.15, 0.2) is 24.6 Å². The van der Waals surface area contributed by atoms with Crippen LogP contribution in [0.15, 0.2) is 91.0 Å². The van der Waals surface area contributed by atoms with Crippen LogP contribution in [0.1, 0.15) is 31.1 Å². The number of hydrogen-bond donors (Lipinski definition) is 0. The van der Waals surface area contributed by atoms with Gasteiger partial charge in [-0.1, -0.05) is 54.6 Å². The molecule has 0 aliphatic carbocycles. The molecule has 1 saturated heterocycles. The fraction of sp³-hybridized carbons (Fsp3) is 0.222. The van der Waals surface area contributed by atoms with Crippen LogP contribution in [0.4, 0.5) is 0 Å². The third-order valence-corrected chi connectivity index (χ3v) is 5.39. The van der Waals surface area contributed by atoms with Crippen molar-refractivity contribution < 1.29 is 38.1 Å². The van der Waals surface area contributed by atoms with Crippen LogP contribution in [0.2, 0.25) is 0 Å². The summed E-state index contributed by atoms with van der Waals surface area (Å²) in [6.45, 7) is -0.136. The zero-order chi connectivity index (χ0) is 24.6. The lowest BCUT2D eigenvalue weighted by Gasteiger charge is -2.40. The average Bonchev–Trinajstić information content (AvgIpc) is 2.91. The fourth-order valence-corrected chi connectivity index (χ4v) is 3.63. The van der Waals surface area contributed by atoms with Crippen molar-refractivity contribution in [1.29, 1.82) is 0 Å². The molecule has 1 aliphatic heterocycles. The number of carbonyl (C=O) groups is 3. The van der Waals surface area contributed by atoms with E-state index in [2.05, 4.69) is 0 Å². The largest absolute Gasteiger partial charge is 0.452 e. The summed E-state index contributed by atoms with van der Waals surface area (Å²) in [6, 6.07) is 25.0. The van der Waals surface area contributed by atoms with E-state index < -0.39 is 42.5 Å². The molecule has 0 radical (unpaired) electrons. The Bertz CT molecular complexity index is 1130. The molecule has 1 heterocycles. The first-order chi connectivity index (χ1) is 17.1. The second-order valence-electron chi connectivity index (χ2n) is 7.72. The maximum atomic E-state index is 12.9. The first-order valence-corrected chi connectivity index (χ1v) is 11.0. The summed E-state index contributed by atoms with van der Waals surface area (Å²) in [5, 5.41) is 0. The van der Waals surface area contributed by atoms with Crippen molar-refractivity contribution in [2.45, 2.75) is 24.6 Å². The summed E-state index contributed by atoms with van der Waals surface area (Å²) in [5.41, 5.74) is 0.889. The van der Waals surface area contributed by atoms with Crippen LogP contribution in [0, 0.1) is 0 Å². The Hall–Kier alpha value is -4.01. The lowest BCUT2D eigenvalue weighted by atomic mass is 10.0. The molecular weight excluding hydrogens is 452 g/mol. The van der Waals surface area contributed by atoms with E-state index in [1.807, 2.05) is 0 Å². The van der Waals surface area contributed by atoms with E-state index in [-0.39, 0.29) is 12.2 Å². The van der Waals surface area contributed by atoms with Gasteiger partial charge in [0.05, 0.1) is 23.3 Å². The molecule has 1 aliphatic rings. The van der Waals surface area contributed by atoms with Crippen molar-refractivity contribution in [3.8, 4) is 0 Å². The first-order valence-electron chi connectivity index (χ1n) is 11.0. The number of methoxy groups -OCH3 is 1. The topological polar surface area (TPSA) is 97.4 Å². The summed E-state index contributed by atoms with van der Waals surface area (Å²) >= 11 is 0. The summed E-state index contributed by atoms with van der Waals surface area (Å²) in [4.78, 5) is 38.5. The molecule has 0 spiro atoms. The molecule has 8 nitrogen and oxygen atoms in total. The number of ether oxygens (including phenoxy) is 5. The van der Waals surface area contributed by atoms with Crippen molar-refractivity contribution >= 4 is 17.9 Å². The molecule has 35 heavy (non-hydrogen) atoms. The third-order valence-electron chi connectivity index (χ3n) is 5.39. The monoisotopic (exact) mass is 476 g/mol. The molecule has 0 unspecified atom stereocenters. The molecule has 0 bridgehead atoms. The normalized spacial score (nSPS) is 21.5. The van der Waals surface area contributed by atoms with Gasteiger partial charge in [-0.25, -0.2) is 14.4 Å². The van der Waals surface area contributed by atoms with Gasteiger partial charge in [-0.05, 0) is 36.4 Å². The van der Waals surface area contributed by atoms with Gasteiger partial charge < -0.3 is 23.7 Å². The molecule has 8 heteroatoms. The van der Waals surface area contributed by atoms with Gasteiger partial charge in [0.1, 0.15) is 0 Å². The molecule has 1 fully saturated rings. The van der Waals surface area contributed by atoms with Crippen LogP contribution in [0.3, 0.4) is 0 Å². The fourth-order valence-electron chi connectivity index (χ4n) is 3.63. The molecular formula is C27H24O8. The number of carbonyl (C=O) groups excluding carboxylic acids is 3. The number of benzene rings is 3. The van der Waals surface area contributed by atoms with Crippen molar-refractivity contribution in [3.63, 3.8) is 0 Å². The van der Waals surface area contributed by atoms with Crippen LogP contribution >= 0.6 is 0 Å². The first kappa shape index (κ1) is 24.1. The lowest BCUT2D eigenvalue weighted by molar-refractivity contribution is -0.260. The molecule has 0 saturated carbocycles. The molecule has 0 amide bonds. The predicted octanol–water partition coefficient (Wildman–Crippen LogP) is 3.67. The van der Waals surface area contributed by atoms with Gasteiger partial charge >= 0.3 is 17.9 Å². The van der Waals surface area contributed by atoms with Crippen molar-refractivity contribution in [3.05, 3.63) is 108 Å². The molecule has 0 N–H and O–H groups in total. The van der Waals surface area contributed by atoms with E-state index in [4.69, 9.17) is 23.7 Å². The van der Waals surface area contributed by atoms with Crippen LogP contribution < -0.4 is 0 Å². The van der Waals surface area contributed by atoms with E-state index in [1.54, 1.807) is 91.0 Å². The minimum Gasteiger partial charge on any atom is -0.452 e. The van der Waals surface area contributed by atoms with Crippen LogP contribution in [0.25, 0.3) is 0 Å². The summed E-state index contributed by atoms with van der Waals surface area (Å²) in [6.07, 6.45) is -4.51. The summed E-state index contributed by atoms with van der Waals surface area (Å²) in [5.74, 6) is -1.98. The summed E-state index contributed by atoms with van der Waals surface area (Å²) in [7, 11) is 1.38. The number of hydrogen-bond acceptors (Lipinski definition) is 8. The second-order valence-corrected chi connectivity index (χ2v) is 7.72. The van der Waals surface area contributed by atoms with E-state index >= 15 is 0 Å². The Balaban J connectivity index is 1.62. The Morgan fingerprint density at radius 2 is 1.03 bits per heavy atom. The van der Waals surface area contributed by atoms with Gasteiger partial charge in [0, 0.05) is 7.11 Å². The van der Waals surface area contributed by atoms with Gasteiger partial charge in [-0.15, -0.1) is 0 Å². The Kier molecular flexibility index (Phi) is 7.87. The lowest BCUT2D eigenvalue weighted by Crippen LogP contribution is -2.58. The minimum absolute atomic E-state index is 0.136. The minimum atomic E-state index is -1.21. The highest BCUT2D eigenvalue weighted by Crippen LogP contribution is 2.27. The maximum absolute atomic E-state index is 12.9. The average molecular weight is 476 g/mol. The van der Waals surface area contributed by atoms with Gasteiger partial charge in [-0.3, -0.25) is 0 Å². The highest BCUT2D eigenvalue weighted by molar-refractivity contribution is 5.91. The van der Waals surface area contributed by atoms with Crippen LogP contribution in [0.5, 0.6) is 0 Å². The highest BCUT2D eigenvalue weighted by Gasteiger charge is 2.48. The zero-order valence-corrected chi connectivity index (χ0v) is 18.9. The molecule has 0 aromatic heterocycles. The zero-order valence-electron chi connectivity index (χ0n) is 18.9. The molecule has 3 aromatic rings. The number of rotatable bonds is 7. The summed E-state index contributed by atoms with van der Waals surface area (Å²) < 4.78 is 28.1. The SMILES string of the molecule is CO[C@H]1OC[C@H](OC(=O)c2ccccc2)[C@H](OC(=O)c2ccccc2)[C@H]1OC(=O)c1ccccc1. The number of esters is 3. The van der Waals surface area contributed by atoms with E-state index in [1.165, 1.54) is 7.11 Å². The molecule has 4 rings (SSSR count). The highest BCUT2D eigenvalue weighted by atomic mass is 16.7. The van der Waals surface area contributed by atoms with Crippen LogP contribution in [-0.4, -0.2) is 56.2 Å². The van der Waals surface area contributed by atoms with Crippen LogP contribution in [-0.2, 0) is 23.7 Å².